The molecular formula is C23H39N3O5SSi. The number of nitrogens with zero attached hydrogens (tertiary/aromatic N) is 3. The second-order valence-electron chi connectivity index (χ2n) is 10.2. The molecule has 1 unspecified atom stereocenters. The summed E-state index contributed by atoms with van der Waals surface area (Å²) in [6, 6.07) is 9.67. The second kappa shape index (κ2) is 10.8. The van der Waals surface area contributed by atoms with Gasteiger partial charge in [0.25, 0.3) is 0 Å². The van der Waals surface area contributed by atoms with Crippen LogP contribution in [-0.2, 0) is 21.6 Å². The first-order valence-corrected chi connectivity index (χ1v) is 15.6. The topological polar surface area (TPSA) is 105 Å². The van der Waals surface area contributed by atoms with Crippen molar-refractivity contribution in [1.29, 1.82) is 0 Å². The van der Waals surface area contributed by atoms with Crippen molar-refractivity contribution in [2.75, 3.05) is 20.7 Å². The summed E-state index contributed by atoms with van der Waals surface area (Å²) < 4.78 is 34.4. The molecule has 0 amide bonds. The fourth-order valence-corrected chi connectivity index (χ4v) is 6.95. The van der Waals surface area contributed by atoms with Crippen LogP contribution in [0.4, 0.5) is 0 Å². The number of imidazole rings is 1. The Morgan fingerprint density at radius 1 is 1.12 bits per heavy atom. The van der Waals surface area contributed by atoms with Crippen molar-refractivity contribution in [2.24, 2.45) is 0 Å². The van der Waals surface area contributed by atoms with Crippen molar-refractivity contribution in [3.8, 4) is 0 Å². The predicted octanol–water partition coefficient (Wildman–Crippen LogP) is 2.64. The first-order chi connectivity index (χ1) is 15.2. The fourth-order valence-electron chi connectivity index (χ4n) is 3.20. The Morgan fingerprint density at radius 3 is 2.27 bits per heavy atom. The van der Waals surface area contributed by atoms with Gasteiger partial charge in [-0.05, 0) is 23.4 Å². The number of hydrogen-bond donors (Lipinski definition) is 2. The summed E-state index contributed by atoms with van der Waals surface area (Å²) in [5.74, 6) is 0. The van der Waals surface area contributed by atoms with Gasteiger partial charge in [-0.3, -0.25) is 0 Å². The maximum absolute atomic E-state index is 13.2. The first-order valence-electron chi connectivity index (χ1n) is 11.2. The van der Waals surface area contributed by atoms with Crippen LogP contribution in [0.15, 0.2) is 36.5 Å². The van der Waals surface area contributed by atoms with E-state index in [1.165, 1.54) is 24.3 Å². The molecule has 1 aromatic heterocycles. The predicted molar refractivity (Wildman–Crippen MR) is 133 cm³/mol. The van der Waals surface area contributed by atoms with Gasteiger partial charge in [-0.25, -0.2) is 8.96 Å². The molecule has 0 bridgehead atoms. The van der Waals surface area contributed by atoms with E-state index in [-0.39, 0.29) is 30.2 Å². The molecule has 186 valence electrons. The average Bonchev–Trinajstić information content (AvgIpc) is 3.18. The van der Waals surface area contributed by atoms with Gasteiger partial charge in [-0.15, -0.1) is 0 Å². The van der Waals surface area contributed by atoms with Crippen LogP contribution in [0.3, 0.4) is 0 Å². The summed E-state index contributed by atoms with van der Waals surface area (Å²) in [4.78, 5) is 4.51. The van der Waals surface area contributed by atoms with Gasteiger partial charge in [0.1, 0.15) is 13.5 Å². The summed E-state index contributed by atoms with van der Waals surface area (Å²) in [5, 5.41) is 21.1. The van der Waals surface area contributed by atoms with Gasteiger partial charge in [0.15, 0.2) is 0 Å². The van der Waals surface area contributed by atoms with Crippen molar-refractivity contribution < 1.29 is 23.4 Å². The van der Waals surface area contributed by atoms with Crippen molar-refractivity contribution in [3.63, 3.8) is 0 Å². The molecule has 0 saturated carbocycles. The molecule has 0 aliphatic rings. The van der Waals surface area contributed by atoms with E-state index in [0.29, 0.717) is 12.1 Å². The molecule has 0 aliphatic heterocycles. The van der Waals surface area contributed by atoms with E-state index in [1.54, 1.807) is 0 Å². The van der Waals surface area contributed by atoms with Gasteiger partial charge in [0.2, 0.25) is 0 Å². The van der Waals surface area contributed by atoms with Crippen molar-refractivity contribution >= 4 is 23.7 Å². The zero-order valence-corrected chi connectivity index (χ0v) is 22.6. The lowest BCUT2D eigenvalue weighted by Crippen LogP contribution is -2.56. The van der Waals surface area contributed by atoms with E-state index in [4.69, 9.17) is 4.74 Å². The molecule has 2 rings (SSSR count). The van der Waals surface area contributed by atoms with Crippen LogP contribution in [0.5, 0.6) is 0 Å². The van der Waals surface area contributed by atoms with Gasteiger partial charge in [0, 0.05) is 14.1 Å². The Hall–Kier alpha value is -1.56. The Kier molecular flexibility index (Phi) is 9.05. The van der Waals surface area contributed by atoms with Crippen molar-refractivity contribution in [3.05, 3.63) is 47.8 Å². The summed E-state index contributed by atoms with van der Waals surface area (Å²) in [6.07, 6.45) is 0.0411. The van der Waals surface area contributed by atoms with Gasteiger partial charge >= 0.3 is 10.2 Å². The monoisotopic (exact) mass is 497 g/mol. The van der Waals surface area contributed by atoms with Crippen LogP contribution in [0, 0.1) is 0 Å². The Bertz CT molecular complexity index is 1000. The fraction of sp³-hybridized carbons (Fsp3) is 0.609. The summed E-state index contributed by atoms with van der Waals surface area (Å²) >= 11 is 0. The lowest BCUT2D eigenvalue weighted by atomic mass is 10.1. The molecule has 10 heteroatoms. The van der Waals surface area contributed by atoms with Gasteiger partial charge in [-0.1, -0.05) is 64.2 Å². The zero-order chi connectivity index (χ0) is 25.0. The molecule has 1 aromatic carbocycles. The van der Waals surface area contributed by atoms with Gasteiger partial charge in [0.05, 0.1) is 37.3 Å². The number of aliphatic hydroxyl groups excluding tert-OH is 2. The van der Waals surface area contributed by atoms with Crippen LogP contribution in [0.1, 0.15) is 51.0 Å². The third-order valence-corrected chi connectivity index (χ3v) is 13.6. The summed E-state index contributed by atoms with van der Waals surface area (Å²) in [5.41, 5.74) is 1.74. The standard InChI is InChI=1S/C23H39N3O5SSi/c1-23(2,3)33(6,7)22-24-15-20(26(22)32(29,30)25(4)5)21(28)14-13-19(27)17-31-16-18-11-9-8-10-12-18/h8-12,15,19,21,27-28H,13-14,16-17H2,1-7H3/t19-,21?/m0/s1. The summed E-state index contributed by atoms with van der Waals surface area (Å²) in [7, 11) is -3.29. The molecule has 2 N–H and O–H groups in total. The molecule has 2 aromatic rings. The van der Waals surface area contributed by atoms with Crippen molar-refractivity contribution in [2.45, 2.75) is 70.6 Å². The summed E-state index contributed by atoms with van der Waals surface area (Å²) in [6.45, 7) is 10.9. The second-order valence-corrected chi connectivity index (χ2v) is 17.4. The van der Waals surface area contributed by atoms with Crippen LogP contribution in [0.2, 0.25) is 18.1 Å². The smallest absolute Gasteiger partial charge is 0.308 e. The number of benzene rings is 1. The molecular weight excluding hydrogens is 458 g/mol. The van der Waals surface area contributed by atoms with E-state index >= 15 is 0 Å². The third kappa shape index (κ3) is 6.52. The van der Waals surface area contributed by atoms with E-state index in [9.17, 15) is 18.6 Å². The first kappa shape index (κ1) is 27.7. The highest BCUT2D eigenvalue weighted by Gasteiger charge is 2.44. The molecule has 0 aliphatic carbocycles. The maximum Gasteiger partial charge on any atom is 0.308 e. The molecule has 8 nitrogen and oxygen atoms in total. The average molecular weight is 498 g/mol. The largest absolute Gasteiger partial charge is 0.391 e. The minimum atomic E-state index is -3.89. The number of ether oxygens (including phenoxy) is 1. The van der Waals surface area contributed by atoms with E-state index in [0.717, 1.165) is 9.87 Å². The Balaban J connectivity index is 2.16. The van der Waals surface area contributed by atoms with E-state index in [2.05, 4.69) is 38.8 Å². The van der Waals surface area contributed by atoms with Crippen LogP contribution in [-0.4, -0.2) is 66.8 Å². The Labute approximate surface area is 199 Å². The molecule has 1 heterocycles. The van der Waals surface area contributed by atoms with Crippen LogP contribution in [0.25, 0.3) is 0 Å². The highest BCUT2D eigenvalue weighted by Crippen LogP contribution is 2.36. The SMILES string of the molecule is CN(C)S(=O)(=O)n1c(C(O)CC[C@H](O)COCc2ccccc2)cnc1[Si](C)(C)C(C)(C)C. The number of aliphatic hydroxyl groups is 2. The third-order valence-electron chi connectivity index (χ3n) is 6.41. The molecule has 33 heavy (non-hydrogen) atoms. The minimum Gasteiger partial charge on any atom is -0.391 e. The van der Waals surface area contributed by atoms with Crippen LogP contribution < -0.4 is 5.45 Å². The molecule has 0 fully saturated rings. The Morgan fingerprint density at radius 2 is 1.73 bits per heavy atom. The van der Waals surface area contributed by atoms with E-state index < -0.39 is 30.5 Å². The number of rotatable bonds is 11. The maximum atomic E-state index is 13.2. The van der Waals surface area contributed by atoms with Gasteiger partial charge < -0.3 is 14.9 Å². The minimum absolute atomic E-state index is 0.131. The number of aromatic nitrogens is 2. The normalized spacial score (nSPS) is 15.1. The van der Waals surface area contributed by atoms with Gasteiger partial charge in [-0.2, -0.15) is 12.7 Å². The van der Waals surface area contributed by atoms with Crippen LogP contribution >= 0.6 is 0 Å². The molecule has 2 atom stereocenters. The van der Waals surface area contributed by atoms with E-state index in [1.807, 2.05) is 30.3 Å². The molecule has 0 spiro atoms. The zero-order valence-electron chi connectivity index (χ0n) is 20.8. The lowest BCUT2D eigenvalue weighted by Gasteiger charge is -2.36. The highest BCUT2D eigenvalue weighted by molar-refractivity contribution is 7.87. The lowest BCUT2D eigenvalue weighted by molar-refractivity contribution is 0.0162. The highest BCUT2D eigenvalue weighted by atomic mass is 32.2. The van der Waals surface area contributed by atoms with Crippen molar-refractivity contribution in [1.82, 2.24) is 13.3 Å². The molecule has 0 saturated heterocycles. The molecule has 0 radical (unpaired) electrons. The number of hydrogen-bond acceptors (Lipinski definition) is 6. The quantitative estimate of drug-likeness (QED) is 0.463.